The maximum atomic E-state index is 11.9. The second-order valence-electron chi connectivity index (χ2n) is 4.98. The van der Waals surface area contributed by atoms with E-state index in [0.29, 0.717) is 11.3 Å². The van der Waals surface area contributed by atoms with Crippen molar-refractivity contribution in [3.8, 4) is 0 Å². The molecule has 0 aliphatic carbocycles. The highest BCUT2D eigenvalue weighted by Gasteiger charge is 2.11. The van der Waals surface area contributed by atoms with Gasteiger partial charge in [-0.1, -0.05) is 19.1 Å². The highest BCUT2D eigenvalue weighted by atomic mass is 16.4. The van der Waals surface area contributed by atoms with E-state index in [0.717, 1.165) is 5.56 Å². The van der Waals surface area contributed by atoms with Gasteiger partial charge in [-0.2, -0.15) is 5.10 Å². The van der Waals surface area contributed by atoms with Gasteiger partial charge in [0.2, 0.25) is 0 Å². The molecule has 1 atom stereocenters. The van der Waals surface area contributed by atoms with Crippen LogP contribution in [-0.2, 0) is 11.8 Å². The Bertz CT molecular complexity index is 646. The lowest BCUT2D eigenvalue weighted by Gasteiger charge is -2.10. The Labute approximate surface area is 122 Å². The van der Waals surface area contributed by atoms with E-state index in [9.17, 15) is 9.59 Å². The summed E-state index contributed by atoms with van der Waals surface area (Å²) < 4.78 is 1.56. The summed E-state index contributed by atoms with van der Waals surface area (Å²) in [6.07, 6.45) is 3.22. The van der Waals surface area contributed by atoms with E-state index in [2.05, 4.69) is 10.4 Å². The molecule has 0 radical (unpaired) electrons. The van der Waals surface area contributed by atoms with Crippen LogP contribution in [0.15, 0.2) is 36.7 Å². The summed E-state index contributed by atoms with van der Waals surface area (Å²) in [5, 5.41) is 15.5. The molecule has 110 valence electrons. The highest BCUT2D eigenvalue weighted by Crippen LogP contribution is 2.21. The van der Waals surface area contributed by atoms with Crippen LogP contribution >= 0.6 is 0 Å². The Balaban J connectivity index is 2.02. The van der Waals surface area contributed by atoms with Crippen molar-refractivity contribution in [2.75, 3.05) is 5.32 Å². The third kappa shape index (κ3) is 3.92. The zero-order valence-electron chi connectivity index (χ0n) is 11.9. The van der Waals surface area contributed by atoms with Crippen molar-refractivity contribution in [2.45, 2.75) is 19.3 Å². The second-order valence-corrected chi connectivity index (χ2v) is 4.98. The number of benzene rings is 1. The van der Waals surface area contributed by atoms with Crippen molar-refractivity contribution in [3.63, 3.8) is 0 Å². The van der Waals surface area contributed by atoms with Crippen LogP contribution in [0.25, 0.3) is 0 Å². The lowest BCUT2D eigenvalue weighted by Crippen LogP contribution is -2.11. The number of nitrogens with one attached hydrogen (secondary N) is 1. The molecule has 6 heteroatoms. The zero-order valence-corrected chi connectivity index (χ0v) is 11.9. The van der Waals surface area contributed by atoms with Gasteiger partial charge in [0.25, 0.3) is 5.91 Å². The number of aromatic nitrogens is 2. The summed E-state index contributed by atoms with van der Waals surface area (Å²) >= 11 is 0. The van der Waals surface area contributed by atoms with Crippen molar-refractivity contribution >= 4 is 17.6 Å². The van der Waals surface area contributed by atoms with Crippen LogP contribution in [0.5, 0.6) is 0 Å². The SMILES string of the molecule is CC(CC(=O)O)c1ccc(NC(=O)c2cnn(C)c2)cc1. The van der Waals surface area contributed by atoms with E-state index in [4.69, 9.17) is 5.11 Å². The molecule has 0 bridgehead atoms. The molecule has 1 amide bonds. The van der Waals surface area contributed by atoms with Gasteiger partial charge in [-0.3, -0.25) is 14.3 Å². The third-order valence-corrected chi connectivity index (χ3v) is 3.19. The lowest BCUT2D eigenvalue weighted by atomic mass is 9.98. The minimum atomic E-state index is -0.823. The largest absolute Gasteiger partial charge is 0.481 e. The fourth-order valence-electron chi connectivity index (χ4n) is 2.02. The molecule has 0 aliphatic rings. The Kier molecular flexibility index (Phi) is 4.37. The Morgan fingerprint density at radius 1 is 1.33 bits per heavy atom. The Morgan fingerprint density at radius 2 is 2.00 bits per heavy atom. The van der Waals surface area contributed by atoms with Gasteiger partial charge in [-0.25, -0.2) is 0 Å². The molecular formula is C15H17N3O3. The van der Waals surface area contributed by atoms with Crippen LogP contribution in [-0.4, -0.2) is 26.8 Å². The van der Waals surface area contributed by atoms with E-state index in [-0.39, 0.29) is 18.2 Å². The average molecular weight is 287 g/mol. The molecule has 1 aromatic carbocycles. The van der Waals surface area contributed by atoms with Crippen molar-refractivity contribution in [1.82, 2.24) is 9.78 Å². The molecule has 21 heavy (non-hydrogen) atoms. The molecule has 0 saturated carbocycles. The number of aryl methyl sites for hydroxylation is 1. The molecule has 0 aliphatic heterocycles. The number of carbonyl (C=O) groups excluding carboxylic acids is 1. The van der Waals surface area contributed by atoms with Gasteiger partial charge in [-0.15, -0.1) is 0 Å². The first-order valence-corrected chi connectivity index (χ1v) is 6.57. The number of amides is 1. The zero-order chi connectivity index (χ0) is 15.4. The van der Waals surface area contributed by atoms with E-state index in [1.807, 2.05) is 19.1 Å². The second kappa shape index (κ2) is 6.21. The number of carbonyl (C=O) groups is 2. The maximum absolute atomic E-state index is 11.9. The number of rotatable bonds is 5. The number of hydrogen-bond donors (Lipinski definition) is 2. The first-order valence-electron chi connectivity index (χ1n) is 6.57. The smallest absolute Gasteiger partial charge is 0.303 e. The van der Waals surface area contributed by atoms with Crippen molar-refractivity contribution < 1.29 is 14.7 Å². The van der Waals surface area contributed by atoms with E-state index >= 15 is 0 Å². The summed E-state index contributed by atoms with van der Waals surface area (Å²) in [7, 11) is 1.75. The van der Waals surface area contributed by atoms with Gasteiger partial charge >= 0.3 is 5.97 Å². The van der Waals surface area contributed by atoms with Gasteiger partial charge < -0.3 is 10.4 Å². The van der Waals surface area contributed by atoms with Gasteiger partial charge in [0.1, 0.15) is 0 Å². The van der Waals surface area contributed by atoms with E-state index in [1.54, 1.807) is 30.1 Å². The predicted octanol–water partition coefficient (Wildman–Crippen LogP) is 2.25. The maximum Gasteiger partial charge on any atom is 0.303 e. The van der Waals surface area contributed by atoms with Crippen molar-refractivity contribution in [2.24, 2.45) is 7.05 Å². The number of carboxylic acids is 1. The summed E-state index contributed by atoms with van der Waals surface area (Å²) in [6, 6.07) is 7.18. The van der Waals surface area contributed by atoms with Gasteiger partial charge in [-0.05, 0) is 23.6 Å². The molecule has 0 fully saturated rings. The molecule has 2 aromatic rings. The summed E-state index contributed by atoms with van der Waals surface area (Å²) in [4.78, 5) is 22.6. The molecule has 6 nitrogen and oxygen atoms in total. The molecule has 1 heterocycles. The molecular weight excluding hydrogens is 270 g/mol. The van der Waals surface area contributed by atoms with Crippen molar-refractivity contribution in [1.29, 1.82) is 0 Å². The van der Waals surface area contributed by atoms with Crippen LogP contribution in [0.3, 0.4) is 0 Å². The van der Waals surface area contributed by atoms with Crippen LogP contribution in [0.4, 0.5) is 5.69 Å². The lowest BCUT2D eigenvalue weighted by molar-refractivity contribution is -0.137. The van der Waals surface area contributed by atoms with Gasteiger partial charge in [0.15, 0.2) is 0 Å². The topological polar surface area (TPSA) is 84.2 Å². The Morgan fingerprint density at radius 3 is 2.52 bits per heavy atom. The molecule has 2 N–H and O–H groups in total. The first-order chi connectivity index (χ1) is 9.95. The van der Waals surface area contributed by atoms with Crippen LogP contribution in [0.1, 0.15) is 35.2 Å². The predicted molar refractivity (Wildman–Crippen MR) is 78.3 cm³/mol. The summed E-state index contributed by atoms with van der Waals surface area (Å²) in [5.41, 5.74) is 2.08. The molecule has 1 unspecified atom stereocenters. The third-order valence-electron chi connectivity index (χ3n) is 3.19. The number of hydrogen-bond acceptors (Lipinski definition) is 3. The highest BCUT2D eigenvalue weighted by molar-refractivity contribution is 6.03. The number of nitrogens with zero attached hydrogens (tertiary/aromatic N) is 2. The molecule has 2 rings (SSSR count). The molecule has 0 saturated heterocycles. The quantitative estimate of drug-likeness (QED) is 0.883. The van der Waals surface area contributed by atoms with Gasteiger partial charge in [0.05, 0.1) is 18.2 Å². The monoisotopic (exact) mass is 287 g/mol. The average Bonchev–Trinajstić information content (AvgIpc) is 2.85. The van der Waals surface area contributed by atoms with Crippen molar-refractivity contribution in [3.05, 3.63) is 47.8 Å². The fourth-order valence-corrected chi connectivity index (χ4v) is 2.02. The first kappa shape index (κ1) is 14.8. The minimum absolute atomic E-state index is 0.0643. The summed E-state index contributed by atoms with van der Waals surface area (Å²) in [5.74, 6) is -1.11. The van der Waals surface area contributed by atoms with Gasteiger partial charge in [0, 0.05) is 18.9 Å². The molecule has 0 spiro atoms. The fraction of sp³-hybridized carbons (Fsp3) is 0.267. The van der Waals surface area contributed by atoms with Crippen LogP contribution in [0, 0.1) is 0 Å². The van der Waals surface area contributed by atoms with Crippen LogP contribution in [0.2, 0.25) is 0 Å². The Hall–Kier alpha value is -2.63. The number of carboxylic acid groups (broad SMARTS) is 1. The number of aliphatic carboxylic acids is 1. The van der Waals surface area contributed by atoms with Crippen LogP contribution < -0.4 is 5.32 Å². The molecule has 1 aromatic heterocycles. The number of anilines is 1. The summed E-state index contributed by atoms with van der Waals surface area (Å²) in [6.45, 7) is 1.86. The van der Waals surface area contributed by atoms with E-state index < -0.39 is 5.97 Å². The van der Waals surface area contributed by atoms with E-state index in [1.165, 1.54) is 6.20 Å². The standard InChI is InChI=1S/C15H17N3O3/c1-10(7-14(19)20)11-3-5-13(6-4-11)17-15(21)12-8-16-18(2)9-12/h3-6,8-10H,7H2,1-2H3,(H,17,21)(H,19,20). The minimum Gasteiger partial charge on any atom is -0.481 e. The normalized spacial score (nSPS) is 11.9.